The van der Waals surface area contributed by atoms with Gasteiger partial charge in [0, 0.05) is 6.04 Å². The molecular formula is C16H23N3O3. The molecule has 1 saturated heterocycles. The van der Waals surface area contributed by atoms with E-state index in [-0.39, 0.29) is 12.6 Å². The second kappa shape index (κ2) is 6.22. The van der Waals surface area contributed by atoms with Crippen LogP contribution < -0.4 is 0 Å². The molecular weight excluding hydrogens is 282 g/mol. The SMILES string of the molecule is Cc1cc(-c2nnc(CN3CCCC(C)C3CO)o2)c(C)o1. The van der Waals surface area contributed by atoms with Gasteiger partial charge in [0.2, 0.25) is 5.89 Å². The minimum atomic E-state index is 0.169. The van der Waals surface area contributed by atoms with E-state index in [1.165, 1.54) is 0 Å². The highest BCUT2D eigenvalue weighted by molar-refractivity contribution is 5.55. The highest BCUT2D eigenvalue weighted by Gasteiger charge is 2.29. The summed E-state index contributed by atoms with van der Waals surface area (Å²) in [5.41, 5.74) is 0.849. The molecule has 6 nitrogen and oxygen atoms in total. The number of aliphatic hydroxyl groups excluding tert-OH is 1. The fraction of sp³-hybridized carbons (Fsp3) is 0.625. The molecule has 1 aliphatic heterocycles. The van der Waals surface area contributed by atoms with Crippen molar-refractivity contribution in [1.82, 2.24) is 15.1 Å². The fourth-order valence-electron chi connectivity index (χ4n) is 3.27. The van der Waals surface area contributed by atoms with E-state index < -0.39 is 0 Å². The molecule has 3 rings (SSSR count). The van der Waals surface area contributed by atoms with Gasteiger partial charge in [0.25, 0.3) is 5.89 Å². The highest BCUT2D eigenvalue weighted by atomic mass is 16.4. The minimum Gasteiger partial charge on any atom is -0.466 e. The third-order valence-electron chi connectivity index (χ3n) is 4.49. The van der Waals surface area contributed by atoms with E-state index in [0.717, 1.165) is 36.5 Å². The predicted octanol–water partition coefficient (Wildman–Crippen LogP) is 2.54. The van der Waals surface area contributed by atoms with Gasteiger partial charge in [0.05, 0.1) is 18.7 Å². The maximum atomic E-state index is 9.61. The number of hydrogen-bond acceptors (Lipinski definition) is 6. The molecule has 3 heterocycles. The van der Waals surface area contributed by atoms with Crippen molar-refractivity contribution >= 4 is 0 Å². The Morgan fingerprint density at radius 1 is 1.32 bits per heavy atom. The predicted molar refractivity (Wildman–Crippen MR) is 81.2 cm³/mol. The number of aliphatic hydroxyl groups is 1. The standard InChI is InChI=1S/C16H23N3O3/c1-10-5-4-6-19(14(10)9-20)8-15-17-18-16(22-15)13-7-11(2)21-12(13)3/h7,10,14,20H,4-6,8-9H2,1-3H3. The molecule has 0 bridgehead atoms. The molecule has 2 unspecified atom stereocenters. The summed E-state index contributed by atoms with van der Waals surface area (Å²) in [4.78, 5) is 2.24. The van der Waals surface area contributed by atoms with Gasteiger partial charge in [-0.3, -0.25) is 4.90 Å². The first-order valence-electron chi connectivity index (χ1n) is 7.83. The van der Waals surface area contributed by atoms with Crippen LogP contribution in [0.15, 0.2) is 14.9 Å². The average Bonchev–Trinajstić information content (AvgIpc) is 3.05. The molecule has 0 spiro atoms. The Hall–Kier alpha value is -1.66. The van der Waals surface area contributed by atoms with Crippen molar-refractivity contribution in [2.24, 2.45) is 5.92 Å². The zero-order valence-corrected chi connectivity index (χ0v) is 13.4. The van der Waals surface area contributed by atoms with Crippen LogP contribution in [0.1, 0.15) is 37.2 Å². The lowest BCUT2D eigenvalue weighted by atomic mass is 9.91. The van der Waals surface area contributed by atoms with Crippen LogP contribution in [0.3, 0.4) is 0 Å². The molecule has 2 aromatic heterocycles. The quantitative estimate of drug-likeness (QED) is 0.935. The topological polar surface area (TPSA) is 75.5 Å². The molecule has 22 heavy (non-hydrogen) atoms. The third-order valence-corrected chi connectivity index (χ3v) is 4.49. The molecule has 1 aliphatic rings. The van der Waals surface area contributed by atoms with Crippen LogP contribution >= 0.6 is 0 Å². The van der Waals surface area contributed by atoms with E-state index in [1.807, 2.05) is 19.9 Å². The molecule has 2 atom stereocenters. The first-order chi connectivity index (χ1) is 10.6. The summed E-state index contributed by atoms with van der Waals surface area (Å²) in [6.07, 6.45) is 2.29. The second-order valence-corrected chi connectivity index (χ2v) is 6.17. The monoisotopic (exact) mass is 305 g/mol. The third kappa shape index (κ3) is 2.94. The summed E-state index contributed by atoms with van der Waals surface area (Å²) in [6, 6.07) is 2.08. The molecule has 2 aromatic rings. The van der Waals surface area contributed by atoms with Crippen LogP contribution in [0.2, 0.25) is 0 Å². The summed E-state index contributed by atoms with van der Waals surface area (Å²) >= 11 is 0. The van der Waals surface area contributed by atoms with Crippen LogP contribution in [0, 0.1) is 19.8 Å². The van der Waals surface area contributed by atoms with E-state index in [9.17, 15) is 5.11 Å². The molecule has 0 radical (unpaired) electrons. The average molecular weight is 305 g/mol. The number of likely N-dealkylation sites (tertiary alicyclic amines) is 1. The smallest absolute Gasteiger partial charge is 0.251 e. The van der Waals surface area contributed by atoms with Gasteiger partial charge in [-0.2, -0.15) is 0 Å². The molecule has 1 fully saturated rings. The number of hydrogen-bond donors (Lipinski definition) is 1. The summed E-state index contributed by atoms with van der Waals surface area (Å²) in [5, 5.41) is 17.9. The normalized spacial score (nSPS) is 23.1. The summed E-state index contributed by atoms with van der Waals surface area (Å²) in [6.45, 7) is 7.68. The Morgan fingerprint density at radius 3 is 2.82 bits per heavy atom. The lowest BCUT2D eigenvalue weighted by Gasteiger charge is -2.38. The largest absolute Gasteiger partial charge is 0.466 e. The van der Waals surface area contributed by atoms with Gasteiger partial charge in [-0.05, 0) is 45.2 Å². The number of aryl methyl sites for hydroxylation is 2. The van der Waals surface area contributed by atoms with Gasteiger partial charge in [-0.1, -0.05) is 6.92 Å². The highest BCUT2D eigenvalue weighted by Crippen LogP contribution is 2.27. The van der Waals surface area contributed by atoms with Crippen LogP contribution in [-0.2, 0) is 6.54 Å². The zero-order valence-electron chi connectivity index (χ0n) is 13.4. The first-order valence-corrected chi connectivity index (χ1v) is 7.83. The Bertz CT molecular complexity index is 634. The van der Waals surface area contributed by atoms with E-state index >= 15 is 0 Å². The van der Waals surface area contributed by atoms with E-state index in [0.29, 0.717) is 24.2 Å². The molecule has 0 aliphatic carbocycles. The summed E-state index contributed by atoms with van der Waals surface area (Å²) in [7, 11) is 0. The number of aromatic nitrogens is 2. The van der Waals surface area contributed by atoms with Crippen LogP contribution in [0.25, 0.3) is 11.5 Å². The zero-order chi connectivity index (χ0) is 15.7. The fourth-order valence-corrected chi connectivity index (χ4v) is 3.27. The van der Waals surface area contributed by atoms with Gasteiger partial charge in [-0.25, -0.2) is 0 Å². The number of nitrogens with zero attached hydrogens (tertiary/aromatic N) is 3. The Kier molecular flexibility index (Phi) is 4.31. The number of rotatable bonds is 4. The van der Waals surface area contributed by atoms with E-state index in [1.54, 1.807) is 0 Å². The number of piperidine rings is 1. The van der Waals surface area contributed by atoms with Crippen molar-refractivity contribution in [3.8, 4) is 11.5 Å². The lowest BCUT2D eigenvalue weighted by Crippen LogP contribution is -2.46. The molecule has 0 saturated carbocycles. The van der Waals surface area contributed by atoms with Gasteiger partial charge in [0.15, 0.2) is 0 Å². The van der Waals surface area contributed by atoms with Crippen molar-refractivity contribution in [2.45, 2.75) is 46.2 Å². The van der Waals surface area contributed by atoms with Crippen molar-refractivity contribution in [3.63, 3.8) is 0 Å². The van der Waals surface area contributed by atoms with Gasteiger partial charge < -0.3 is 13.9 Å². The lowest BCUT2D eigenvalue weighted by molar-refractivity contribution is 0.0415. The van der Waals surface area contributed by atoms with Crippen LogP contribution in [0.4, 0.5) is 0 Å². The molecule has 0 amide bonds. The van der Waals surface area contributed by atoms with Crippen molar-refractivity contribution < 1.29 is 13.9 Å². The molecule has 1 N–H and O–H groups in total. The van der Waals surface area contributed by atoms with Crippen molar-refractivity contribution in [3.05, 3.63) is 23.5 Å². The van der Waals surface area contributed by atoms with E-state index in [4.69, 9.17) is 8.83 Å². The Morgan fingerprint density at radius 2 is 2.14 bits per heavy atom. The number of furan rings is 1. The molecule has 0 aromatic carbocycles. The van der Waals surface area contributed by atoms with Gasteiger partial charge >= 0.3 is 0 Å². The second-order valence-electron chi connectivity index (χ2n) is 6.17. The minimum absolute atomic E-state index is 0.169. The first kappa shape index (κ1) is 15.2. The van der Waals surface area contributed by atoms with Gasteiger partial charge in [-0.15, -0.1) is 10.2 Å². The maximum Gasteiger partial charge on any atom is 0.251 e. The van der Waals surface area contributed by atoms with E-state index in [2.05, 4.69) is 22.0 Å². The Balaban J connectivity index is 1.75. The Labute approximate surface area is 130 Å². The van der Waals surface area contributed by atoms with Crippen molar-refractivity contribution in [1.29, 1.82) is 0 Å². The van der Waals surface area contributed by atoms with Crippen molar-refractivity contribution in [2.75, 3.05) is 13.2 Å². The van der Waals surface area contributed by atoms with Crippen LogP contribution in [-0.4, -0.2) is 39.4 Å². The van der Waals surface area contributed by atoms with Crippen LogP contribution in [0.5, 0.6) is 0 Å². The molecule has 120 valence electrons. The summed E-state index contributed by atoms with van der Waals surface area (Å²) < 4.78 is 11.3. The maximum absolute atomic E-state index is 9.61. The summed E-state index contributed by atoms with van der Waals surface area (Å²) in [5.74, 6) is 3.18. The molecule has 6 heteroatoms. The van der Waals surface area contributed by atoms with Gasteiger partial charge in [0.1, 0.15) is 11.5 Å².